The summed E-state index contributed by atoms with van der Waals surface area (Å²) in [5.41, 5.74) is 1.50. The van der Waals surface area contributed by atoms with E-state index in [1.54, 1.807) is 48.5 Å². The predicted octanol–water partition coefficient (Wildman–Crippen LogP) is 3.26. The van der Waals surface area contributed by atoms with Crippen molar-refractivity contribution in [1.82, 2.24) is 5.32 Å². The summed E-state index contributed by atoms with van der Waals surface area (Å²) in [5.74, 6) is 0.137. The van der Waals surface area contributed by atoms with Gasteiger partial charge in [0.1, 0.15) is 12.4 Å². The van der Waals surface area contributed by atoms with Crippen LogP contribution in [0.15, 0.2) is 48.5 Å². The van der Waals surface area contributed by atoms with Gasteiger partial charge in [-0.15, -0.1) is 0 Å². The summed E-state index contributed by atoms with van der Waals surface area (Å²) in [6.07, 6.45) is 2.07. The van der Waals surface area contributed by atoms with Gasteiger partial charge >= 0.3 is 0 Å². The molecule has 1 aliphatic rings. The van der Waals surface area contributed by atoms with E-state index >= 15 is 0 Å². The highest BCUT2D eigenvalue weighted by molar-refractivity contribution is 6.05. The summed E-state index contributed by atoms with van der Waals surface area (Å²) in [6, 6.07) is 13.8. The Bertz CT molecular complexity index is 849. The summed E-state index contributed by atoms with van der Waals surface area (Å²) < 4.78 is 16.4. The number of amides is 2. The molecule has 1 atom stereocenters. The Morgan fingerprint density at radius 3 is 2.63 bits per heavy atom. The predicted molar refractivity (Wildman–Crippen MR) is 114 cm³/mol. The molecular weight excluding hydrogens is 384 g/mol. The molecule has 2 aromatic carbocycles. The minimum atomic E-state index is -0.276. The number of rotatable bonds is 10. The lowest BCUT2D eigenvalue weighted by Gasteiger charge is -2.12. The highest BCUT2D eigenvalue weighted by Gasteiger charge is 2.17. The van der Waals surface area contributed by atoms with Crippen LogP contribution >= 0.6 is 0 Å². The monoisotopic (exact) mass is 412 g/mol. The molecule has 30 heavy (non-hydrogen) atoms. The van der Waals surface area contributed by atoms with Crippen LogP contribution < -0.4 is 15.4 Å². The van der Waals surface area contributed by atoms with Crippen LogP contribution in [0.4, 0.5) is 5.69 Å². The maximum absolute atomic E-state index is 12.6. The van der Waals surface area contributed by atoms with Crippen molar-refractivity contribution in [2.24, 2.45) is 0 Å². The average Bonchev–Trinajstić information content (AvgIpc) is 3.29. The summed E-state index contributed by atoms with van der Waals surface area (Å²) in [6.45, 7) is 4.72. The molecule has 3 rings (SSSR count). The second-order valence-electron chi connectivity index (χ2n) is 6.95. The van der Waals surface area contributed by atoms with Crippen LogP contribution in [0.25, 0.3) is 0 Å². The van der Waals surface area contributed by atoms with Crippen LogP contribution in [-0.4, -0.2) is 50.9 Å². The first-order chi connectivity index (χ1) is 14.7. The highest BCUT2D eigenvalue weighted by atomic mass is 16.5. The van der Waals surface area contributed by atoms with E-state index in [4.69, 9.17) is 14.2 Å². The van der Waals surface area contributed by atoms with Gasteiger partial charge in [-0.3, -0.25) is 9.59 Å². The molecule has 1 aliphatic heterocycles. The molecule has 1 saturated heterocycles. The number of ether oxygens (including phenoxy) is 3. The maximum Gasteiger partial charge on any atom is 0.255 e. The fourth-order valence-corrected chi connectivity index (χ4v) is 3.15. The number of anilines is 1. The van der Waals surface area contributed by atoms with Gasteiger partial charge in [-0.2, -0.15) is 0 Å². The number of hydrogen-bond donors (Lipinski definition) is 2. The van der Waals surface area contributed by atoms with Gasteiger partial charge in [0.25, 0.3) is 11.8 Å². The molecule has 2 amide bonds. The molecule has 1 fully saturated rings. The topological polar surface area (TPSA) is 85.9 Å². The van der Waals surface area contributed by atoms with Crippen molar-refractivity contribution >= 4 is 17.5 Å². The average molecular weight is 412 g/mol. The van der Waals surface area contributed by atoms with Crippen molar-refractivity contribution < 1.29 is 23.8 Å². The molecular formula is C23H28N2O5. The van der Waals surface area contributed by atoms with Crippen LogP contribution in [0.1, 0.15) is 40.5 Å². The summed E-state index contributed by atoms with van der Waals surface area (Å²) in [7, 11) is 0. The van der Waals surface area contributed by atoms with Gasteiger partial charge in [0.15, 0.2) is 0 Å². The van der Waals surface area contributed by atoms with E-state index < -0.39 is 0 Å². The molecule has 0 saturated carbocycles. The Kier molecular flexibility index (Phi) is 8.23. The van der Waals surface area contributed by atoms with Gasteiger partial charge in [0.05, 0.1) is 12.7 Å². The molecule has 1 unspecified atom stereocenters. The quantitative estimate of drug-likeness (QED) is 0.585. The first-order valence-corrected chi connectivity index (χ1v) is 10.3. The van der Waals surface area contributed by atoms with Gasteiger partial charge in [-0.25, -0.2) is 0 Å². The van der Waals surface area contributed by atoms with Gasteiger partial charge in [-0.05, 0) is 56.2 Å². The number of benzene rings is 2. The summed E-state index contributed by atoms with van der Waals surface area (Å²) >= 11 is 0. The SMILES string of the molecule is CCOCCOc1cccc(C(=O)Nc2cccc(C(=O)NCC3CCCO3)c2)c1. The zero-order valence-electron chi connectivity index (χ0n) is 17.2. The van der Waals surface area contributed by atoms with Gasteiger partial charge in [0, 0.05) is 36.6 Å². The minimum Gasteiger partial charge on any atom is -0.491 e. The van der Waals surface area contributed by atoms with Crippen molar-refractivity contribution in [2.75, 3.05) is 38.3 Å². The standard InChI is InChI=1S/C23H28N2O5/c1-2-28-12-13-30-20-9-4-7-18(15-20)23(27)25-19-8-3-6-17(14-19)22(26)24-16-21-10-5-11-29-21/h3-4,6-9,14-15,21H,2,5,10-13,16H2,1H3,(H,24,26)(H,25,27). The Hall–Kier alpha value is -2.90. The molecule has 1 heterocycles. The van der Waals surface area contributed by atoms with E-state index in [-0.39, 0.29) is 17.9 Å². The lowest BCUT2D eigenvalue weighted by atomic mass is 10.1. The van der Waals surface area contributed by atoms with Crippen LogP contribution in [0.3, 0.4) is 0 Å². The molecule has 2 aromatic rings. The lowest BCUT2D eigenvalue weighted by molar-refractivity contribution is 0.0857. The van der Waals surface area contributed by atoms with Crippen molar-refractivity contribution in [3.63, 3.8) is 0 Å². The van der Waals surface area contributed by atoms with Gasteiger partial charge < -0.3 is 24.8 Å². The van der Waals surface area contributed by atoms with Crippen LogP contribution in [0.5, 0.6) is 5.75 Å². The molecule has 160 valence electrons. The van der Waals surface area contributed by atoms with Gasteiger partial charge in [-0.1, -0.05) is 12.1 Å². The zero-order chi connectivity index (χ0) is 21.2. The zero-order valence-corrected chi connectivity index (χ0v) is 17.2. The normalized spacial score (nSPS) is 15.6. The second kappa shape index (κ2) is 11.3. The highest BCUT2D eigenvalue weighted by Crippen LogP contribution is 2.17. The molecule has 2 N–H and O–H groups in total. The smallest absolute Gasteiger partial charge is 0.255 e. The molecule has 0 bridgehead atoms. The van der Waals surface area contributed by atoms with Gasteiger partial charge in [0.2, 0.25) is 0 Å². The number of carbonyl (C=O) groups excluding carboxylic acids is 2. The van der Waals surface area contributed by atoms with E-state index in [1.807, 2.05) is 6.92 Å². The summed E-state index contributed by atoms with van der Waals surface area (Å²) in [5, 5.41) is 5.72. The third-order valence-corrected chi connectivity index (χ3v) is 4.69. The molecule has 0 aromatic heterocycles. The fraction of sp³-hybridized carbons (Fsp3) is 0.391. The van der Waals surface area contributed by atoms with Crippen LogP contribution in [0, 0.1) is 0 Å². The Morgan fingerprint density at radius 2 is 1.87 bits per heavy atom. The Balaban J connectivity index is 1.56. The minimum absolute atomic E-state index is 0.0832. The first kappa shape index (κ1) is 21.8. The maximum atomic E-state index is 12.6. The van der Waals surface area contributed by atoms with Crippen LogP contribution in [0.2, 0.25) is 0 Å². The number of carbonyl (C=O) groups is 2. The number of hydrogen-bond acceptors (Lipinski definition) is 5. The fourth-order valence-electron chi connectivity index (χ4n) is 3.15. The molecule has 0 radical (unpaired) electrons. The van der Waals surface area contributed by atoms with Crippen LogP contribution in [-0.2, 0) is 9.47 Å². The van der Waals surface area contributed by atoms with Crippen molar-refractivity contribution in [2.45, 2.75) is 25.9 Å². The molecule has 7 nitrogen and oxygen atoms in total. The molecule has 0 spiro atoms. The van der Waals surface area contributed by atoms with Crippen molar-refractivity contribution in [3.8, 4) is 5.75 Å². The first-order valence-electron chi connectivity index (χ1n) is 10.3. The van der Waals surface area contributed by atoms with Crippen molar-refractivity contribution in [1.29, 1.82) is 0 Å². The van der Waals surface area contributed by atoms with E-state index in [2.05, 4.69) is 10.6 Å². The van der Waals surface area contributed by atoms with E-state index in [0.29, 0.717) is 48.9 Å². The van der Waals surface area contributed by atoms with E-state index in [1.165, 1.54) is 0 Å². The molecule has 7 heteroatoms. The number of nitrogens with one attached hydrogen (secondary N) is 2. The largest absolute Gasteiger partial charge is 0.491 e. The lowest BCUT2D eigenvalue weighted by Crippen LogP contribution is -2.31. The third kappa shape index (κ3) is 6.57. The van der Waals surface area contributed by atoms with E-state index in [9.17, 15) is 9.59 Å². The summed E-state index contributed by atoms with van der Waals surface area (Å²) in [4.78, 5) is 25.0. The second-order valence-corrected chi connectivity index (χ2v) is 6.95. The Morgan fingerprint density at radius 1 is 1.07 bits per heavy atom. The molecule has 0 aliphatic carbocycles. The van der Waals surface area contributed by atoms with Crippen molar-refractivity contribution in [3.05, 3.63) is 59.7 Å². The third-order valence-electron chi connectivity index (χ3n) is 4.69. The Labute approximate surface area is 176 Å². The van der Waals surface area contributed by atoms with E-state index in [0.717, 1.165) is 19.4 Å².